The van der Waals surface area contributed by atoms with Gasteiger partial charge in [-0.15, -0.1) is 11.6 Å². The molecule has 0 unspecified atom stereocenters. The SMILES string of the molecule is COc1cc(NCC(C)(C)CCl)nc(C)n1. The van der Waals surface area contributed by atoms with Crippen LogP contribution in [0.4, 0.5) is 5.82 Å². The summed E-state index contributed by atoms with van der Waals surface area (Å²) in [5, 5.41) is 3.24. The van der Waals surface area contributed by atoms with Crippen LogP contribution in [-0.4, -0.2) is 29.5 Å². The number of aryl methyl sites for hydroxylation is 1. The fraction of sp³-hybridized carbons (Fsp3) is 0.636. The molecule has 0 atom stereocenters. The van der Waals surface area contributed by atoms with Crippen LogP contribution in [0, 0.1) is 12.3 Å². The molecule has 0 amide bonds. The van der Waals surface area contributed by atoms with E-state index >= 15 is 0 Å². The molecule has 1 heterocycles. The molecular formula is C11H18ClN3O. The summed E-state index contributed by atoms with van der Waals surface area (Å²) >= 11 is 5.85. The minimum absolute atomic E-state index is 0.0354. The van der Waals surface area contributed by atoms with Crippen molar-refractivity contribution >= 4 is 17.4 Å². The molecular weight excluding hydrogens is 226 g/mol. The summed E-state index contributed by atoms with van der Waals surface area (Å²) in [4.78, 5) is 8.39. The maximum absolute atomic E-state index is 5.85. The van der Waals surface area contributed by atoms with Gasteiger partial charge in [0.05, 0.1) is 7.11 Å². The highest BCUT2D eigenvalue weighted by Gasteiger charge is 2.16. The summed E-state index contributed by atoms with van der Waals surface area (Å²) in [5.41, 5.74) is 0.0354. The van der Waals surface area contributed by atoms with Gasteiger partial charge in [-0.3, -0.25) is 0 Å². The highest BCUT2D eigenvalue weighted by Crippen LogP contribution is 2.19. The molecule has 0 aliphatic heterocycles. The minimum Gasteiger partial charge on any atom is -0.481 e. The minimum atomic E-state index is 0.0354. The average molecular weight is 244 g/mol. The van der Waals surface area contributed by atoms with Crippen LogP contribution >= 0.6 is 11.6 Å². The molecule has 0 radical (unpaired) electrons. The smallest absolute Gasteiger partial charge is 0.218 e. The van der Waals surface area contributed by atoms with Gasteiger partial charge >= 0.3 is 0 Å². The molecule has 16 heavy (non-hydrogen) atoms. The molecule has 0 aliphatic carbocycles. The molecule has 90 valence electrons. The van der Waals surface area contributed by atoms with E-state index in [1.807, 2.05) is 6.92 Å². The van der Waals surface area contributed by atoms with Gasteiger partial charge in [0.2, 0.25) is 5.88 Å². The lowest BCUT2D eigenvalue weighted by atomic mass is 9.97. The van der Waals surface area contributed by atoms with Gasteiger partial charge in [0.25, 0.3) is 0 Å². The third-order valence-electron chi connectivity index (χ3n) is 2.13. The van der Waals surface area contributed by atoms with E-state index in [-0.39, 0.29) is 5.41 Å². The monoisotopic (exact) mass is 243 g/mol. The zero-order valence-corrected chi connectivity index (χ0v) is 10.9. The first-order valence-corrected chi connectivity index (χ1v) is 5.70. The Morgan fingerprint density at radius 1 is 1.44 bits per heavy atom. The van der Waals surface area contributed by atoms with Crippen molar-refractivity contribution < 1.29 is 4.74 Å². The van der Waals surface area contributed by atoms with E-state index in [1.54, 1.807) is 13.2 Å². The first-order chi connectivity index (χ1) is 7.46. The fourth-order valence-electron chi connectivity index (χ4n) is 1.11. The first-order valence-electron chi connectivity index (χ1n) is 5.16. The summed E-state index contributed by atoms with van der Waals surface area (Å²) in [6.45, 7) is 6.78. The van der Waals surface area contributed by atoms with Crippen LogP contribution in [0.25, 0.3) is 0 Å². The number of aromatic nitrogens is 2. The Balaban J connectivity index is 2.70. The molecule has 0 saturated heterocycles. The Morgan fingerprint density at radius 3 is 2.69 bits per heavy atom. The fourth-order valence-corrected chi connectivity index (χ4v) is 1.21. The molecule has 1 aromatic heterocycles. The predicted molar refractivity (Wildman–Crippen MR) is 66.3 cm³/mol. The van der Waals surface area contributed by atoms with E-state index in [9.17, 15) is 0 Å². The Kier molecular flexibility index (Phi) is 4.35. The number of halogens is 1. The number of nitrogens with one attached hydrogen (secondary N) is 1. The van der Waals surface area contributed by atoms with Gasteiger partial charge in [-0.1, -0.05) is 13.8 Å². The van der Waals surface area contributed by atoms with Gasteiger partial charge in [-0.05, 0) is 12.3 Å². The van der Waals surface area contributed by atoms with Crippen LogP contribution < -0.4 is 10.1 Å². The van der Waals surface area contributed by atoms with Crippen LogP contribution in [0.5, 0.6) is 5.88 Å². The van der Waals surface area contributed by atoms with Crippen molar-refractivity contribution in [3.63, 3.8) is 0 Å². The normalized spacial score (nSPS) is 11.3. The lowest BCUT2D eigenvalue weighted by Gasteiger charge is -2.22. The number of ether oxygens (including phenoxy) is 1. The second kappa shape index (κ2) is 5.34. The summed E-state index contributed by atoms with van der Waals surface area (Å²) in [5.74, 6) is 2.62. The van der Waals surface area contributed by atoms with Gasteiger partial charge in [0.15, 0.2) is 0 Å². The molecule has 5 heteroatoms. The van der Waals surface area contributed by atoms with Crippen molar-refractivity contribution in [1.82, 2.24) is 9.97 Å². The molecule has 1 rings (SSSR count). The largest absolute Gasteiger partial charge is 0.481 e. The van der Waals surface area contributed by atoms with E-state index in [0.717, 1.165) is 12.4 Å². The first kappa shape index (κ1) is 13.0. The lowest BCUT2D eigenvalue weighted by molar-refractivity contribution is 0.395. The zero-order chi connectivity index (χ0) is 12.2. The Labute approximate surface area is 101 Å². The molecule has 0 aromatic carbocycles. The molecule has 0 aliphatic rings. The second-order valence-electron chi connectivity index (χ2n) is 4.49. The van der Waals surface area contributed by atoms with E-state index < -0.39 is 0 Å². The third-order valence-corrected chi connectivity index (χ3v) is 2.86. The highest BCUT2D eigenvalue weighted by atomic mass is 35.5. The zero-order valence-electron chi connectivity index (χ0n) is 10.2. The van der Waals surface area contributed by atoms with Crippen LogP contribution in [0.2, 0.25) is 0 Å². The molecule has 0 bridgehead atoms. The van der Waals surface area contributed by atoms with Crippen molar-refractivity contribution in [2.24, 2.45) is 5.41 Å². The summed E-state index contributed by atoms with van der Waals surface area (Å²) in [7, 11) is 1.59. The van der Waals surface area contributed by atoms with Gasteiger partial charge in [-0.2, -0.15) is 4.98 Å². The quantitative estimate of drug-likeness (QED) is 0.808. The molecule has 0 spiro atoms. The standard InChI is InChI=1S/C11H18ClN3O/c1-8-14-9(5-10(15-8)16-4)13-7-11(2,3)6-12/h5H,6-7H2,1-4H3,(H,13,14,15). The molecule has 1 aromatic rings. The van der Waals surface area contributed by atoms with Gasteiger partial charge in [0, 0.05) is 18.5 Å². The van der Waals surface area contributed by atoms with Crippen molar-refractivity contribution in [1.29, 1.82) is 0 Å². The third kappa shape index (κ3) is 3.85. The summed E-state index contributed by atoms with van der Waals surface area (Å²) in [6.07, 6.45) is 0. The number of hydrogen-bond acceptors (Lipinski definition) is 4. The number of nitrogens with zero attached hydrogens (tertiary/aromatic N) is 2. The van der Waals surface area contributed by atoms with E-state index in [2.05, 4.69) is 29.1 Å². The number of anilines is 1. The summed E-state index contributed by atoms with van der Waals surface area (Å²) < 4.78 is 5.08. The Hall–Kier alpha value is -1.03. The molecule has 0 saturated carbocycles. The van der Waals surface area contributed by atoms with Gasteiger partial charge < -0.3 is 10.1 Å². The van der Waals surface area contributed by atoms with Crippen LogP contribution in [-0.2, 0) is 0 Å². The molecule has 1 N–H and O–H groups in total. The van der Waals surface area contributed by atoms with Gasteiger partial charge in [-0.25, -0.2) is 4.98 Å². The van der Waals surface area contributed by atoms with E-state index in [0.29, 0.717) is 17.6 Å². The van der Waals surface area contributed by atoms with Crippen LogP contribution in [0.3, 0.4) is 0 Å². The summed E-state index contributed by atoms with van der Waals surface area (Å²) in [6, 6.07) is 1.78. The van der Waals surface area contributed by atoms with Crippen LogP contribution in [0.15, 0.2) is 6.07 Å². The Bertz CT molecular complexity index is 355. The Morgan fingerprint density at radius 2 is 2.12 bits per heavy atom. The van der Waals surface area contributed by atoms with Crippen molar-refractivity contribution in [2.75, 3.05) is 24.9 Å². The van der Waals surface area contributed by atoms with E-state index in [1.165, 1.54) is 0 Å². The van der Waals surface area contributed by atoms with Crippen molar-refractivity contribution in [3.8, 4) is 5.88 Å². The topological polar surface area (TPSA) is 47.0 Å². The lowest BCUT2D eigenvalue weighted by Crippen LogP contribution is -2.25. The number of rotatable bonds is 5. The number of alkyl halides is 1. The van der Waals surface area contributed by atoms with Crippen molar-refractivity contribution in [2.45, 2.75) is 20.8 Å². The second-order valence-corrected chi connectivity index (χ2v) is 4.76. The van der Waals surface area contributed by atoms with Gasteiger partial charge in [0.1, 0.15) is 11.6 Å². The predicted octanol–water partition coefficient (Wildman–Crippen LogP) is 2.47. The number of hydrogen-bond donors (Lipinski definition) is 1. The average Bonchev–Trinajstić information content (AvgIpc) is 2.26. The van der Waals surface area contributed by atoms with E-state index in [4.69, 9.17) is 16.3 Å². The maximum Gasteiger partial charge on any atom is 0.218 e. The van der Waals surface area contributed by atoms with Crippen LogP contribution in [0.1, 0.15) is 19.7 Å². The molecule has 0 fully saturated rings. The number of methoxy groups -OCH3 is 1. The van der Waals surface area contributed by atoms with Crippen molar-refractivity contribution in [3.05, 3.63) is 11.9 Å². The molecule has 4 nitrogen and oxygen atoms in total. The maximum atomic E-state index is 5.85. The highest BCUT2D eigenvalue weighted by molar-refractivity contribution is 6.18.